The molecule has 1 amide bonds. The number of hydrogen-bond donors (Lipinski definition) is 2. The Kier molecular flexibility index (Phi) is 11.8. The van der Waals surface area contributed by atoms with Crippen molar-refractivity contribution in [3.8, 4) is 0 Å². The van der Waals surface area contributed by atoms with Gasteiger partial charge in [0, 0.05) is 38.5 Å². The van der Waals surface area contributed by atoms with Gasteiger partial charge in [0.15, 0.2) is 0 Å². The van der Waals surface area contributed by atoms with Crippen LogP contribution in [-0.4, -0.2) is 51.8 Å². The fraction of sp³-hybridized carbons (Fsp3) is 0.562. The van der Waals surface area contributed by atoms with Gasteiger partial charge >= 0.3 is 0 Å². The van der Waals surface area contributed by atoms with E-state index in [-0.39, 0.29) is 42.6 Å². The molecule has 5 nitrogen and oxygen atoms in total. The number of nitrogens with one attached hydrogen (secondary N) is 2. The van der Waals surface area contributed by atoms with Crippen LogP contribution in [0.25, 0.3) is 0 Å². The van der Waals surface area contributed by atoms with Gasteiger partial charge in [-0.1, -0.05) is 6.07 Å². The summed E-state index contributed by atoms with van der Waals surface area (Å²) >= 11 is 0. The molecule has 1 aromatic carbocycles. The van der Waals surface area contributed by atoms with Gasteiger partial charge in [0.1, 0.15) is 5.82 Å². The molecule has 0 spiro atoms. The van der Waals surface area contributed by atoms with E-state index in [1.807, 2.05) is 6.07 Å². The second-order valence-electron chi connectivity index (χ2n) is 5.50. The molecule has 2 rings (SSSR count). The third-order valence-corrected chi connectivity index (χ3v) is 3.73. The minimum absolute atomic E-state index is 0. The topological polar surface area (TPSA) is 53.6 Å². The van der Waals surface area contributed by atoms with Crippen LogP contribution in [0.15, 0.2) is 24.3 Å². The third kappa shape index (κ3) is 7.66. The first kappa shape index (κ1) is 22.9. The fourth-order valence-corrected chi connectivity index (χ4v) is 2.66. The molecule has 1 saturated heterocycles. The number of carbonyl (C=O) groups excluding carboxylic acids is 1. The van der Waals surface area contributed by atoms with E-state index in [9.17, 15) is 9.18 Å². The fourth-order valence-electron chi connectivity index (χ4n) is 2.66. The largest absolute Gasteiger partial charge is 0.383 e. The van der Waals surface area contributed by atoms with Crippen LogP contribution in [-0.2, 0) is 9.53 Å². The summed E-state index contributed by atoms with van der Waals surface area (Å²) in [6.45, 7) is 3.14. The van der Waals surface area contributed by atoms with E-state index in [1.54, 1.807) is 13.2 Å². The SMILES string of the molecule is COCCNCC(=O)NC1CCCN(c2cccc(F)c2)C1.Cl.Cl. The van der Waals surface area contributed by atoms with Crippen LogP contribution in [0.5, 0.6) is 0 Å². The van der Waals surface area contributed by atoms with Gasteiger partial charge in [-0.3, -0.25) is 4.79 Å². The van der Waals surface area contributed by atoms with Crippen LogP contribution >= 0.6 is 24.8 Å². The first-order chi connectivity index (χ1) is 10.7. The Morgan fingerprint density at radius 3 is 2.92 bits per heavy atom. The number of hydrogen-bond acceptors (Lipinski definition) is 4. The molecule has 8 heteroatoms. The van der Waals surface area contributed by atoms with Crippen molar-refractivity contribution in [3.05, 3.63) is 30.1 Å². The first-order valence-electron chi connectivity index (χ1n) is 7.68. The molecule has 1 aliphatic rings. The third-order valence-electron chi connectivity index (χ3n) is 3.73. The minimum atomic E-state index is -0.231. The smallest absolute Gasteiger partial charge is 0.234 e. The van der Waals surface area contributed by atoms with Crippen molar-refractivity contribution in [1.82, 2.24) is 10.6 Å². The van der Waals surface area contributed by atoms with Crippen LogP contribution in [0.4, 0.5) is 10.1 Å². The Bertz CT molecular complexity index is 494. The second kappa shape index (κ2) is 12.3. The van der Waals surface area contributed by atoms with E-state index in [1.165, 1.54) is 12.1 Å². The number of nitrogens with zero attached hydrogens (tertiary/aromatic N) is 1. The molecule has 1 aromatic rings. The van der Waals surface area contributed by atoms with E-state index < -0.39 is 0 Å². The summed E-state index contributed by atoms with van der Waals surface area (Å²) in [6, 6.07) is 6.70. The maximum Gasteiger partial charge on any atom is 0.234 e. The van der Waals surface area contributed by atoms with E-state index in [2.05, 4.69) is 15.5 Å². The summed E-state index contributed by atoms with van der Waals surface area (Å²) in [7, 11) is 1.63. The summed E-state index contributed by atoms with van der Waals surface area (Å²) in [6.07, 6.45) is 1.94. The monoisotopic (exact) mass is 381 g/mol. The Morgan fingerprint density at radius 1 is 1.42 bits per heavy atom. The Balaban J connectivity index is 0.00000264. The zero-order valence-corrected chi connectivity index (χ0v) is 15.4. The highest BCUT2D eigenvalue weighted by Crippen LogP contribution is 2.20. The maximum atomic E-state index is 13.3. The molecular weight excluding hydrogens is 356 g/mol. The van der Waals surface area contributed by atoms with Crippen LogP contribution in [0.1, 0.15) is 12.8 Å². The summed E-state index contributed by atoms with van der Waals surface area (Å²) in [5.41, 5.74) is 0.872. The Morgan fingerprint density at radius 2 is 2.21 bits per heavy atom. The average Bonchev–Trinajstić information content (AvgIpc) is 2.52. The predicted octanol–water partition coefficient (Wildman–Crippen LogP) is 1.99. The highest BCUT2D eigenvalue weighted by Gasteiger charge is 2.21. The van der Waals surface area contributed by atoms with Gasteiger partial charge in [-0.15, -0.1) is 24.8 Å². The summed E-state index contributed by atoms with van der Waals surface area (Å²) < 4.78 is 18.2. The number of piperidine rings is 1. The number of rotatable bonds is 7. The number of ether oxygens (including phenoxy) is 1. The summed E-state index contributed by atoms with van der Waals surface area (Å²) in [5.74, 6) is -0.242. The maximum absolute atomic E-state index is 13.3. The Hall–Kier alpha value is -1.08. The molecule has 2 N–H and O–H groups in total. The van der Waals surface area contributed by atoms with Crippen LogP contribution < -0.4 is 15.5 Å². The molecule has 24 heavy (non-hydrogen) atoms. The van der Waals surface area contributed by atoms with Crippen molar-refractivity contribution in [2.75, 3.05) is 44.8 Å². The normalized spacial score (nSPS) is 16.8. The molecule has 1 unspecified atom stereocenters. The van der Waals surface area contributed by atoms with Crippen molar-refractivity contribution >= 4 is 36.4 Å². The number of benzene rings is 1. The number of anilines is 1. The van der Waals surface area contributed by atoms with Crippen molar-refractivity contribution in [3.63, 3.8) is 0 Å². The lowest BCUT2D eigenvalue weighted by Crippen LogP contribution is -2.49. The van der Waals surface area contributed by atoms with E-state index in [0.29, 0.717) is 26.2 Å². The van der Waals surface area contributed by atoms with Gasteiger partial charge < -0.3 is 20.3 Å². The second-order valence-corrected chi connectivity index (χ2v) is 5.50. The summed E-state index contributed by atoms with van der Waals surface area (Å²) in [5, 5.41) is 6.06. The highest BCUT2D eigenvalue weighted by atomic mass is 35.5. The lowest BCUT2D eigenvalue weighted by molar-refractivity contribution is -0.121. The van der Waals surface area contributed by atoms with Crippen molar-refractivity contribution in [2.24, 2.45) is 0 Å². The van der Waals surface area contributed by atoms with Gasteiger partial charge in [-0.05, 0) is 31.0 Å². The van der Waals surface area contributed by atoms with Crippen LogP contribution in [0.2, 0.25) is 0 Å². The highest BCUT2D eigenvalue weighted by molar-refractivity contribution is 5.85. The van der Waals surface area contributed by atoms with E-state index in [0.717, 1.165) is 25.1 Å². The molecule has 0 bridgehead atoms. The molecule has 1 aliphatic heterocycles. The lowest BCUT2D eigenvalue weighted by Gasteiger charge is -2.34. The molecule has 0 radical (unpaired) electrons. The molecule has 0 aromatic heterocycles. The molecule has 0 aliphatic carbocycles. The number of methoxy groups -OCH3 is 1. The zero-order valence-electron chi connectivity index (χ0n) is 13.8. The van der Waals surface area contributed by atoms with Gasteiger partial charge in [-0.2, -0.15) is 0 Å². The van der Waals surface area contributed by atoms with Crippen LogP contribution in [0, 0.1) is 5.82 Å². The minimum Gasteiger partial charge on any atom is -0.383 e. The zero-order chi connectivity index (χ0) is 15.8. The molecular formula is C16H26Cl2FN3O2. The van der Waals surface area contributed by atoms with Crippen LogP contribution in [0.3, 0.4) is 0 Å². The molecule has 138 valence electrons. The van der Waals surface area contributed by atoms with E-state index >= 15 is 0 Å². The van der Waals surface area contributed by atoms with Gasteiger partial charge in [-0.25, -0.2) is 4.39 Å². The Labute approximate surface area is 155 Å². The van der Waals surface area contributed by atoms with Gasteiger partial charge in [0.05, 0.1) is 13.2 Å². The van der Waals surface area contributed by atoms with E-state index in [4.69, 9.17) is 4.74 Å². The lowest BCUT2D eigenvalue weighted by atomic mass is 10.0. The predicted molar refractivity (Wildman–Crippen MR) is 99.0 cm³/mol. The first-order valence-corrected chi connectivity index (χ1v) is 7.68. The molecule has 1 fully saturated rings. The van der Waals surface area contributed by atoms with Gasteiger partial charge in [0.25, 0.3) is 0 Å². The standard InChI is InChI=1S/C16H24FN3O2.2ClH/c1-22-9-7-18-11-16(21)19-14-5-3-8-20(12-14)15-6-2-4-13(17)10-15;;/h2,4,6,10,14,18H,3,5,7-9,11-12H2,1H3,(H,19,21);2*1H. The summed E-state index contributed by atoms with van der Waals surface area (Å²) in [4.78, 5) is 14.0. The number of amides is 1. The van der Waals surface area contributed by atoms with Gasteiger partial charge in [0.2, 0.25) is 5.91 Å². The molecule has 1 heterocycles. The number of carbonyl (C=O) groups is 1. The van der Waals surface area contributed by atoms with Crippen molar-refractivity contribution < 1.29 is 13.9 Å². The number of halogens is 3. The average molecular weight is 382 g/mol. The van der Waals surface area contributed by atoms with Crippen molar-refractivity contribution in [2.45, 2.75) is 18.9 Å². The molecule has 0 saturated carbocycles. The van der Waals surface area contributed by atoms with Crippen molar-refractivity contribution in [1.29, 1.82) is 0 Å². The quantitative estimate of drug-likeness (QED) is 0.709. The molecule has 1 atom stereocenters.